The Balaban J connectivity index is 0.000000230. The zero-order valence-corrected chi connectivity index (χ0v) is 18.2. The van der Waals surface area contributed by atoms with E-state index >= 15 is 0 Å². The third-order valence-electron chi connectivity index (χ3n) is 4.76. The molecule has 5 rings (SSSR count). The van der Waals surface area contributed by atoms with Gasteiger partial charge in [-0.3, -0.25) is 0 Å². The highest BCUT2D eigenvalue weighted by molar-refractivity contribution is 8.76. The number of benzene rings is 5. The molecule has 0 atom stereocenters. The Morgan fingerprint density at radius 1 is 0.467 bits per heavy atom. The van der Waals surface area contributed by atoms with Crippen molar-refractivity contribution >= 4 is 49.2 Å². The van der Waals surface area contributed by atoms with Crippen LogP contribution in [0.4, 0.5) is 0 Å². The van der Waals surface area contributed by atoms with Crippen LogP contribution in [-0.4, -0.2) is 0 Å². The molecule has 30 heavy (non-hydrogen) atoms. The molecule has 0 aromatic heterocycles. The zero-order chi connectivity index (χ0) is 20.6. The Morgan fingerprint density at radius 2 is 0.900 bits per heavy atom. The molecular weight excluding hydrogens is 400 g/mol. The standard InChI is InChI=1S/C20H14S2.C8H8/c1-3-11-17-15(7-1)9-5-13-19(17)21-22-20-14-6-10-16-8-2-4-12-18(16)20;1-2-8-6-4-3-5-7-8/h1-14H;2-7H,1H2. The lowest BCUT2D eigenvalue weighted by Gasteiger charge is -2.08. The van der Waals surface area contributed by atoms with Crippen LogP contribution in [0, 0.1) is 0 Å². The van der Waals surface area contributed by atoms with Crippen molar-refractivity contribution in [1.29, 1.82) is 0 Å². The van der Waals surface area contributed by atoms with E-state index in [2.05, 4.69) is 91.5 Å². The van der Waals surface area contributed by atoms with Gasteiger partial charge in [0.05, 0.1) is 0 Å². The zero-order valence-electron chi connectivity index (χ0n) is 16.6. The molecule has 0 aliphatic carbocycles. The van der Waals surface area contributed by atoms with Crippen LogP contribution in [-0.2, 0) is 0 Å². The van der Waals surface area contributed by atoms with Crippen LogP contribution in [0.15, 0.2) is 132 Å². The maximum absolute atomic E-state index is 3.63. The molecule has 0 N–H and O–H groups in total. The molecule has 5 aromatic rings. The average molecular weight is 423 g/mol. The van der Waals surface area contributed by atoms with Gasteiger partial charge in [-0.2, -0.15) is 0 Å². The van der Waals surface area contributed by atoms with Crippen LogP contribution >= 0.6 is 21.6 Å². The molecule has 0 saturated carbocycles. The molecular formula is C28H22S2. The van der Waals surface area contributed by atoms with Gasteiger partial charge in [-0.15, -0.1) is 0 Å². The summed E-state index contributed by atoms with van der Waals surface area (Å²) in [6.07, 6.45) is 1.83. The molecule has 0 radical (unpaired) electrons. The third kappa shape index (κ3) is 4.96. The van der Waals surface area contributed by atoms with Gasteiger partial charge >= 0.3 is 0 Å². The smallest absolute Gasteiger partial charge is 0.0264 e. The summed E-state index contributed by atoms with van der Waals surface area (Å²) in [5.74, 6) is 0. The van der Waals surface area contributed by atoms with Crippen molar-refractivity contribution in [3.05, 3.63) is 127 Å². The summed E-state index contributed by atoms with van der Waals surface area (Å²) >= 11 is 0. The second kappa shape index (κ2) is 10.2. The second-order valence-corrected chi connectivity index (χ2v) is 8.95. The minimum Gasteiger partial charge on any atom is -0.0985 e. The fraction of sp³-hybridized carbons (Fsp3) is 0. The summed E-state index contributed by atoms with van der Waals surface area (Å²) in [4.78, 5) is 2.63. The lowest BCUT2D eigenvalue weighted by atomic mass is 10.1. The van der Waals surface area contributed by atoms with Crippen molar-refractivity contribution < 1.29 is 0 Å². The van der Waals surface area contributed by atoms with E-state index in [1.807, 2.05) is 58.0 Å². The first-order chi connectivity index (χ1) is 14.8. The molecule has 0 bridgehead atoms. The van der Waals surface area contributed by atoms with E-state index in [4.69, 9.17) is 0 Å². The van der Waals surface area contributed by atoms with E-state index in [-0.39, 0.29) is 0 Å². The summed E-state index contributed by atoms with van der Waals surface area (Å²) in [6.45, 7) is 3.63. The Labute approximate surface area is 186 Å². The number of rotatable bonds is 4. The van der Waals surface area contributed by atoms with Crippen molar-refractivity contribution in [3.63, 3.8) is 0 Å². The van der Waals surface area contributed by atoms with Crippen molar-refractivity contribution in [2.24, 2.45) is 0 Å². The van der Waals surface area contributed by atoms with Crippen molar-refractivity contribution in [2.75, 3.05) is 0 Å². The first-order valence-electron chi connectivity index (χ1n) is 9.83. The summed E-state index contributed by atoms with van der Waals surface area (Å²) in [7, 11) is 3.67. The molecule has 2 heteroatoms. The number of fused-ring (bicyclic) bond motifs is 2. The molecule has 5 aromatic carbocycles. The van der Waals surface area contributed by atoms with Gasteiger partial charge in [-0.05, 0) is 39.2 Å². The van der Waals surface area contributed by atoms with Crippen LogP contribution in [0.25, 0.3) is 27.6 Å². The highest BCUT2D eigenvalue weighted by Crippen LogP contribution is 2.42. The molecule has 0 heterocycles. The van der Waals surface area contributed by atoms with E-state index < -0.39 is 0 Å². The molecule has 0 nitrogen and oxygen atoms in total. The Hall–Kier alpha value is -2.94. The van der Waals surface area contributed by atoms with Gasteiger partial charge in [0.25, 0.3) is 0 Å². The molecule has 0 aliphatic heterocycles. The largest absolute Gasteiger partial charge is 0.0985 e. The van der Waals surface area contributed by atoms with Crippen LogP contribution in [0.2, 0.25) is 0 Å². The lowest BCUT2D eigenvalue weighted by molar-refractivity contribution is 1.55. The number of hydrogen-bond donors (Lipinski definition) is 0. The topological polar surface area (TPSA) is 0 Å². The predicted molar refractivity (Wildman–Crippen MR) is 136 cm³/mol. The van der Waals surface area contributed by atoms with Gasteiger partial charge in [0.15, 0.2) is 0 Å². The molecule has 0 amide bonds. The normalized spacial score (nSPS) is 10.4. The van der Waals surface area contributed by atoms with E-state index in [1.54, 1.807) is 0 Å². The minimum absolute atomic E-state index is 1.17. The second-order valence-electron chi connectivity index (χ2n) is 6.74. The van der Waals surface area contributed by atoms with Gasteiger partial charge in [-0.25, -0.2) is 0 Å². The van der Waals surface area contributed by atoms with Crippen molar-refractivity contribution in [2.45, 2.75) is 9.79 Å². The molecule has 0 saturated heterocycles. The van der Waals surface area contributed by atoms with E-state index in [9.17, 15) is 0 Å². The van der Waals surface area contributed by atoms with Crippen LogP contribution < -0.4 is 0 Å². The monoisotopic (exact) mass is 422 g/mol. The molecule has 146 valence electrons. The van der Waals surface area contributed by atoms with Gasteiger partial charge in [0, 0.05) is 9.79 Å². The quantitative estimate of drug-likeness (QED) is 0.265. The first-order valence-corrected chi connectivity index (χ1v) is 12.0. The minimum atomic E-state index is 1.17. The fourth-order valence-electron chi connectivity index (χ4n) is 3.22. The molecule has 0 unspecified atom stereocenters. The van der Waals surface area contributed by atoms with E-state index in [1.165, 1.54) is 36.9 Å². The Kier molecular flexibility index (Phi) is 6.91. The van der Waals surface area contributed by atoms with Crippen LogP contribution in [0.5, 0.6) is 0 Å². The predicted octanol–water partition coefficient (Wildman–Crippen LogP) is 9.12. The maximum Gasteiger partial charge on any atom is 0.0264 e. The highest BCUT2D eigenvalue weighted by atomic mass is 33.1. The summed E-state index contributed by atoms with van der Waals surface area (Å²) in [6, 6.07) is 40.2. The fourth-order valence-corrected chi connectivity index (χ4v) is 5.63. The van der Waals surface area contributed by atoms with Crippen molar-refractivity contribution in [1.82, 2.24) is 0 Å². The highest BCUT2D eigenvalue weighted by Gasteiger charge is 2.05. The van der Waals surface area contributed by atoms with Crippen molar-refractivity contribution in [3.8, 4) is 0 Å². The van der Waals surface area contributed by atoms with E-state index in [0.29, 0.717) is 0 Å². The first kappa shape index (κ1) is 20.3. The maximum atomic E-state index is 3.63. The van der Waals surface area contributed by atoms with Gasteiger partial charge in [-0.1, -0.05) is 137 Å². The number of hydrogen-bond acceptors (Lipinski definition) is 2. The molecule has 0 fully saturated rings. The van der Waals surface area contributed by atoms with Gasteiger partial charge in [0.2, 0.25) is 0 Å². The van der Waals surface area contributed by atoms with Crippen LogP contribution in [0.3, 0.4) is 0 Å². The SMILES string of the molecule is C=Cc1ccccc1.c1ccc2c(SSc3cccc4ccccc34)cccc2c1. The molecule has 0 aliphatic rings. The van der Waals surface area contributed by atoms with Crippen LogP contribution in [0.1, 0.15) is 5.56 Å². The Morgan fingerprint density at radius 3 is 1.37 bits per heavy atom. The third-order valence-corrected chi connectivity index (χ3v) is 7.24. The summed E-state index contributed by atoms with van der Waals surface area (Å²) in [5, 5.41) is 5.24. The van der Waals surface area contributed by atoms with E-state index in [0.717, 1.165) is 0 Å². The summed E-state index contributed by atoms with van der Waals surface area (Å²) < 4.78 is 0. The van der Waals surface area contributed by atoms with Gasteiger partial charge < -0.3 is 0 Å². The Bertz CT molecular complexity index is 1170. The van der Waals surface area contributed by atoms with Gasteiger partial charge in [0.1, 0.15) is 0 Å². The molecule has 0 spiro atoms. The lowest BCUT2D eigenvalue weighted by Crippen LogP contribution is -1.77. The summed E-state index contributed by atoms with van der Waals surface area (Å²) in [5.41, 5.74) is 1.17. The average Bonchev–Trinajstić information content (AvgIpc) is 2.83.